The van der Waals surface area contributed by atoms with Gasteiger partial charge in [-0.05, 0) is 61.4 Å². The fraction of sp³-hybridized carbons (Fsp3) is 0.458. The van der Waals surface area contributed by atoms with E-state index in [4.69, 9.17) is 11.6 Å². The van der Waals surface area contributed by atoms with Gasteiger partial charge in [-0.2, -0.15) is 0 Å². The largest absolute Gasteiger partial charge is 0.336 e. The molecule has 2 aromatic rings. The minimum Gasteiger partial charge on any atom is -0.336 e. The highest BCUT2D eigenvalue weighted by Crippen LogP contribution is 2.33. The van der Waals surface area contributed by atoms with Crippen molar-refractivity contribution in [2.45, 2.75) is 30.6 Å². The number of carbonyl (C=O) groups is 1. The molecule has 2 aliphatic heterocycles. The lowest BCUT2D eigenvalue weighted by Crippen LogP contribution is -2.49. The highest BCUT2D eigenvalue weighted by atomic mass is 35.5. The molecule has 0 spiro atoms. The van der Waals surface area contributed by atoms with Crippen molar-refractivity contribution in [2.24, 2.45) is 5.92 Å². The Morgan fingerprint density at radius 3 is 2.50 bits per heavy atom. The highest BCUT2D eigenvalue weighted by molar-refractivity contribution is 7.92. The van der Waals surface area contributed by atoms with Gasteiger partial charge in [0.25, 0.3) is 15.9 Å². The molecular formula is C24H28ClN3O3S. The van der Waals surface area contributed by atoms with Crippen LogP contribution in [-0.2, 0) is 16.4 Å². The van der Waals surface area contributed by atoms with Crippen LogP contribution < -0.4 is 4.31 Å². The summed E-state index contributed by atoms with van der Waals surface area (Å²) in [4.78, 5) is 17.5. The van der Waals surface area contributed by atoms with Gasteiger partial charge in [0, 0.05) is 39.3 Å². The zero-order valence-corrected chi connectivity index (χ0v) is 19.6. The smallest absolute Gasteiger partial charge is 0.264 e. The number of nitrogens with zero attached hydrogens (tertiary/aromatic N) is 3. The van der Waals surface area contributed by atoms with E-state index in [0.29, 0.717) is 25.3 Å². The number of rotatable bonds is 5. The summed E-state index contributed by atoms with van der Waals surface area (Å²) in [5.41, 5.74) is 2.00. The van der Waals surface area contributed by atoms with E-state index < -0.39 is 10.0 Å². The Hall–Kier alpha value is -2.09. The Morgan fingerprint density at radius 2 is 1.75 bits per heavy atom. The molecule has 0 N–H and O–H groups in total. The fourth-order valence-corrected chi connectivity index (χ4v) is 6.44. The number of benzene rings is 2. The van der Waals surface area contributed by atoms with Crippen molar-refractivity contribution in [2.75, 3.05) is 43.6 Å². The Balaban J connectivity index is 1.37. The van der Waals surface area contributed by atoms with Gasteiger partial charge in [-0.15, -0.1) is 0 Å². The van der Waals surface area contributed by atoms with Crippen molar-refractivity contribution in [3.63, 3.8) is 0 Å². The van der Waals surface area contributed by atoms with Gasteiger partial charge in [-0.1, -0.05) is 29.8 Å². The molecule has 2 heterocycles. The molecule has 5 rings (SSSR count). The summed E-state index contributed by atoms with van der Waals surface area (Å²) < 4.78 is 28.5. The second kappa shape index (κ2) is 8.69. The van der Waals surface area contributed by atoms with Crippen LogP contribution in [0.2, 0.25) is 5.02 Å². The van der Waals surface area contributed by atoms with E-state index in [1.807, 2.05) is 24.3 Å². The third-order valence-corrected chi connectivity index (χ3v) is 8.84. The molecule has 0 bridgehead atoms. The Bertz CT molecular complexity index is 1130. The minimum atomic E-state index is -3.80. The lowest BCUT2D eigenvalue weighted by atomic mass is 10.0. The number of halogens is 1. The quantitative estimate of drug-likeness (QED) is 0.665. The molecule has 2 fully saturated rings. The summed E-state index contributed by atoms with van der Waals surface area (Å²) in [5, 5.41) is 0.286. The third-order valence-electron chi connectivity index (χ3n) is 6.70. The minimum absolute atomic E-state index is 0.106. The fourth-order valence-electron chi connectivity index (χ4n) is 4.67. The molecule has 8 heteroatoms. The highest BCUT2D eigenvalue weighted by Gasteiger charge is 2.32. The van der Waals surface area contributed by atoms with Crippen molar-refractivity contribution < 1.29 is 13.2 Å². The van der Waals surface area contributed by atoms with E-state index in [0.717, 1.165) is 44.0 Å². The normalized spacial score (nSPS) is 19.7. The predicted octanol–water partition coefficient (Wildman–Crippen LogP) is 3.65. The van der Waals surface area contributed by atoms with Crippen LogP contribution in [0, 0.1) is 5.92 Å². The van der Waals surface area contributed by atoms with Crippen LogP contribution in [0.15, 0.2) is 47.4 Å². The Kier molecular flexibility index (Phi) is 5.90. The van der Waals surface area contributed by atoms with Crippen molar-refractivity contribution >= 4 is 33.2 Å². The van der Waals surface area contributed by atoms with Crippen molar-refractivity contribution in [3.8, 4) is 0 Å². The first-order valence-electron chi connectivity index (χ1n) is 11.4. The van der Waals surface area contributed by atoms with Gasteiger partial charge in [-0.3, -0.25) is 14.0 Å². The monoisotopic (exact) mass is 473 g/mol. The number of sulfonamides is 1. The Morgan fingerprint density at radius 1 is 1.00 bits per heavy atom. The van der Waals surface area contributed by atoms with Crippen LogP contribution >= 0.6 is 11.6 Å². The standard InChI is InChI=1S/C24H28ClN3O3S/c25-22-10-9-20(32(30,31)28-11-3-5-19-4-1-2-6-23(19)28)16-21(22)24(29)27-14-12-26(13-15-27)17-18-7-8-18/h1-2,4,6,9-10,16,18H,3,5,7-8,11-15,17H2. The summed E-state index contributed by atoms with van der Waals surface area (Å²) in [6.45, 7) is 4.52. The summed E-state index contributed by atoms with van der Waals surface area (Å²) in [6.07, 6.45) is 4.26. The van der Waals surface area contributed by atoms with Crippen molar-refractivity contribution in [1.82, 2.24) is 9.80 Å². The number of amides is 1. The lowest BCUT2D eigenvalue weighted by Gasteiger charge is -2.35. The molecular weight excluding hydrogens is 446 g/mol. The van der Waals surface area contributed by atoms with Gasteiger partial charge in [0.15, 0.2) is 0 Å². The SMILES string of the molecule is O=C(c1cc(S(=O)(=O)N2CCCc3ccccc32)ccc1Cl)N1CCN(CC2CC2)CC1. The number of anilines is 1. The molecule has 0 aromatic heterocycles. The first-order chi connectivity index (χ1) is 15.4. The van der Waals surface area contributed by atoms with Crippen LogP contribution in [0.25, 0.3) is 0 Å². The zero-order valence-electron chi connectivity index (χ0n) is 18.0. The molecule has 1 aliphatic carbocycles. The van der Waals surface area contributed by atoms with Crippen molar-refractivity contribution in [3.05, 3.63) is 58.6 Å². The Labute approximate surface area is 194 Å². The molecule has 0 unspecified atom stereocenters. The van der Waals surface area contributed by atoms with Gasteiger partial charge in [-0.25, -0.2) is 8.42 Å². The van der Waals surface area contributed by atoms with Gasteiger partial charge < -0.3 is 4.90 Å². The maximum atomic E-state index is 13.5. The van der Waals surface area contributed by atoms with Crippen LogP contribution in [-0.4, -0.2) is 63.4 Å². The molecule has 1 saturated heterocycles. The average molecular weight is 474 g/mol. The molecule has 1 amide bonds. The molecule has 2 aromatic carbocycles. The third kappa shape index (κ3) is 4.26. The van der Waals surface area contributed by atoms with Crippen LogP contribution in [0.1, 0.15) is 35.2 Å². The molecule has 3 aliphatic rings. The average Bonchev–Trinajstić information content (AvgIpc) is 3.63. The number of para-hydroxylation sites is 1. The van der Waals surface area contributed by atoms with E-state index in [9.17, 15) is 13.2 Å². The molecule has 32 heavy (non-hydrogen) atoms. The van der Waals surface area contributed by atoms with E-state index in [1.165, 1.54) is 35.3 Å². The summed E-state index contributed by atoms with van der Waals surface area (Å²) in [6, 6.07) is 12.1. The van der Waals surface area contributed by atoms with Crippen LogP contribution in [0.4, 0.5) is 5.69 Å². The second-order valence-electron chi connectivity index (χ2n) is 8.99. The van der Waals surface area contributed by atoms with Gasteiger partial charge in [0.2, 0.25) is 0 Å². The van der Waals surface area contributed by atoms with Gasteiger partial charge >= 0.3 is 0 Å². The van der Waals surface area contributed by atoms with Gasteiger partial charge in [0.05, 0.1) is 21.2 Å². The number of hydrogen-bond acceptors (Lipinski definition) is 4. The van der Waals surface area contributed by atoms with E-state index in [1.54, 1.807) is 4.90 Å². The van der Waals surface area contributed by atoms with E-state index >= 15 is 0 Å². The number of hydrogen-bond donors (Lipinski definition) is 0. The van der Waals surface area contributed by atoms with Crippen LogP contribution in [0.3, 0.4) is 0 Å². The maximum Gasteiger partial charge on any atom is 0.264 e. The zero-order chi connectivity index (χ0) is 22.3. The molecule has 6 nitrogen and oxygen atoms in total. The number of aryl methyl sites for hydroxylation is 1. The van der Waals surface area contributed by atoms with Gasteiger partial charge in [0.1, 0.15) is 0 Å². The molecule has 170 valence electrons. The summed E-state index contributed by atoms with van der Waals surface area (Å²) in [7, 11) is -3.80. The maximum absolute atomic E-state index is 13.5. The number of fused-ring (bicyclic) bond motifs is 1. The number of piperazine rings is 1. The molecule has 1 saturated carbocycles. The number of carbonyl (C=O) groups excluding carboxylic acids is 1. The first-order valence-corrected chi connectivity index (χ1v) is 13.2. The summed E-state index contributed by atoms with van der Waals surface area (Å²) >= 11 is 6.37. The lowest BCUT2D eigenvalue weighted by molar-refractivity contribution is 0.0632. The van der Waals surface area contributed by atoms with Crippen LogP contribution in [0.5, 0.6) is 0 Å². The molecule has 0 radical (unpaired) electrons. The van der Waals surface area contributed by atoms with E-state index in [-0.39, 0.29) is 21.4 Å². The topological polar surface area (TPSA) is 60.9 Å². The molecule has 0 atom stereocenters. The summed E-state index contributed by atoms with van der Waals surface area (Å²) in [5.74, 6) is 0.630. The predicted molar refractivity (Wildman–Crippen MR) is 126 cm³/mol. The first kappa shape index (κ1) is 21.7. The van der Waals surface area contributed by atoms with Crippen molar-refractivity contribution in [1.29, 1.82) is 0 Å². The second-order valence-corrected chi connectivity index (χ2v) is 11.3. The van der Waals surface area contributed by atoms with E-state index in [2.05, 4.69) is 4.90 Å².